The number of nitrogens with two attached hydrogens (primary N) is 1. The van der Waals surface area contributed by atoms with E-state index >= 15 is 0 Å². The molecule has 0 aliphatic carbocycles. The average molecular weight is 736 g/mol. The van der Waals surface area contributed by atoms with Crippen LogP contribution in [-0.4, -0.2) is 49.3 Å². The molecule has 0 aliphatic heterocycles. The summed E-state index contributed by atoms with van der Waals surface area (Å²) >= 11 is 0. The summed E-state index contributed by atoms with van der Waals surface area (Å²) in [6.45, 7) is 3.49. The number of hydrogen-bond donors (Lipinski definition) is 2. The molecule has 0 aliphatic rings. The summed E-state index contributed by atoms with van der Waals surface area (Å²) in [5, 5.41) is 0. The largest absolute Gasteiger partial charge is 0.472 e. The zero-order valence-electron chi connectivity index (χ0n) is 31.8. The molecule has 0 radical (unpaired) electrons. The van der Waals surface area contributed by atoms with Gasteiger partial charge in [0.25, 0.3) is 0 Å². The molecule has 292 valence electrons. The Bertz CT molecular complexity index is 1070. The minimum absolute atomic E-state index is 0.0436. The lowest BCUT2D eigenvalue weighted by Crippen LogP contribution is -2.29. The molecule has 0 aromatic carbocycles. The third-order valence-electron chi connectivity index (χ3n) is 7.58. The van der Waals surface area contributed by atoms with E-state index in [1.165, 1.54) is 12.8 Å². The Morgan fingerprint density at radius 3 is 1.65 bits per heavy atom. The van der Waals surface area contributed by atoms with Crippen LogP contribution >= 0.6 is 7.82 Å². The van der Waals surface area contributed by atoms with Gasteiger partial charge >= 0.3 is 19.8 Å². The molecule has 0 saturated carbocycles. The fourth-order valence-electron chi connectivity index (χ4n) is 4.70. The topological polar surface area (TPSA) is 134 Å². The number of allylic oxidation sites excluding steroid dienone is 12. The number of phosphoric acid groups is 1. The summed E-state index contributed by atoms with van der Waals surface area (Å²) in [5.74, 6) is -0.887. The first-order valence-corrected chi connectivity index (χ1v) is 20.9. The van der Waals surface area contributed by atoms with E-state index in [2.05, 4.69) is 86.8 Å². The molecule has 0 saturated heterocycles. The molecule has 0 heterocycles. The van der Waals surface area contributed by atoms with Crippen LogP contribution in [0.1, 0.15) is 142 Å². The van der Waals surface area contributed by atoms with E-state index in [4.69, 9.17) is 24.3 Å². The van der Waals surface area contributed by atoms with Gasteiger partial charge in [-0.15, -0.1) is 0 Å². The Labute approximate surface area is 310 Å². The van der Waals surface area contributed by atoms with Crippen molar-refractivity contribution in [3.05, 3.63) is 72.9 Å². The predicted octanol–water partition coefficient (Wildman–Crippen LogP) is 10.7. The van der Waals surface area contributed by atoms with Gasteiger partial charge in [0.15, 0.2) is 6.10 Å². The van der Waals surface area contributed by atoms with Gasteiger partial charge in [0.05, 0.1) is 13.2 Å². The van der Waals surface area contributed by atoms with Gasteiger partial charge in [-0.25, -0.2) is 4.57 Å². The van der Waals surface area contributed by atoms with Gasteiger partial charge < -0.3 is 20.1 Å². The van der Waals surface area contributed by atoms with E-state index in [-0.39, 0.29) is 32.6 Å². The van der Waals surface area contributed by atoms with Crippen molar-refractivity contribution in [2.24, 2.45) is 5.73 Å². The van der Waals surface area contributed by atoms with Gasteiger partial charge in [-0.1, -0.05) is 125 Å². The molecular weight excluding hydrogens is 665 g/mol. The third kappa shape index (κ3) is 37.0. The van der Waals surface area contributed by atoms with E-state index in [0.717, 1.165) is 89.9 Å². The van der Waals surface area contributed by atoms with E-state index in [1.54, 1.807) is 0 Å². The van der Waals surface area contributed by atoms with Crippen LogP contribution in [0, 0.1) is 0 Å². The van der Waals surface area contributed by atoms with Crippen molar-refractivity contribution >= 4 is 19.8 Å². The number of carbonyl (C=O) groups excluding carboxylic acids is 2. The maximum atomic E-state index is 12.5. The number of carbonyl (C=O) groups is 2. The summed E-state index contributed by atoms with van der Waals surface area (Å²) in [6.07, 6.45) is 43.6. The second-order valence-electron chi connectivity index (χ2n) is 12.4. The van der Waals surface area contributed by atoms with Gasteiger partial charge in [-0.05, 0) is 77.0 Å². The minimum atomic E-state index is -4.38. The maximum Gasteiger partial charge on any atom is 0.472 e. The second-order valence-corrected chi connectivity index (χ2v) is 13.9. The zero-order chi connectivity index (χ0) is 37.5. The molecule has 9 nitrogen and oxygen atoms in total. The number of hydrogen-bond acceptors (Lipinski definition) is 8. The standard InChI is InChI=1S/C41H70NO8P/c1-3-5-7-9-11-13-15-16-17-18-19-20-21-22-24-25-27-29-31-33-40(43)47-37-39(38-49-51(45,46)48-36-35-42)50-41(44)34-32-30-28-26-23-14-12-10-8-6-4-2/h5,7,10-13,16-17,19-20,22,24,39H,3-4,6,8-9,14-15,18,21,23,25-38,42H2,1-2H3,(H,45,46). The quantitative estimate of drug-likeness (QED) is 0.0282. The summed E-state index contributed by atoms with van der Waals surface area (Å²) in [6, 6.07) is 0. The molecule has 0 rings (SSSR count). The Morgan fingerprint density at radius 2 is 1.08 bits per heavy atom. The fraction of sp³-hybridized carbons (Fsp3) is 0.659. The fourth-order valence-corrected chi connectivity index (χ4v) is 5.46. The number of ether oxygens (including phenoxy) is 2. The van der Waals surface area contributed by atoms with Crippen molar-refractivity contribution in [3.8, 4) is 0 Å². The van der Waals surface area contributed by atoms with Gasteiger partial charge in [-0.3, -0.25) is 18.6 Å². The first-order chi connectivity index (χ1) is 24.8. The number of unbranched alkanes of at least 4 members (excludes halogenated alkanes) is 10. The second kappa shape index (κ2) is 37.2. The molecule has 2 unspecified atom stereocenters. The smallest absolute Gasteiger partial charge is 0.462 e. The first-order valence-electron chi connectivity index (χ1n) is 19.4. The third-order valence-corrected chi connectivity index (χ3v) is 8.56. The highest BCUT2D eigenvalue weighted by Crippen LogP contribution is 2.43. The highest BCUT2D eigenvalue weighted by Gasteiger charge is 2.25. The van der Waals surface area contributed by atoms with Crippen LogP contribution in [0.3, 0.4) is 0 Å². The van der Waals surface area contributed by atoms with Crippen molar-refractivity contribution in [1.82, 2.24) is 0 Å². The van der Waals surface area contributed by atoms with Crippen LogP contribution in [0.25, 0.3) is 0 Å². The molecule has 0 aromatic heterocycles. The van der Waals surface area contributed by atoms with E-state index in [9.17, 15) is 19.0 Å². The number of phosphoric ester groups is 1. The van der Waals surface area contributed by atoms with Gasteiger partial charge in [0, 0.05) is 19.4 Å². The lowest BCUT2D eigenvalue weighted by Gasteiger charge is -2.19. The van der Waals surface area contributed by atoms with Crippen LogP contribution < -0.4 is 5.73 Å². The van der Waals surface area contributed by atoms with E-state index < -0.39 is 32.5 Å². The molecule has 3 N–H and O–H groups in total. The molecule has 51 heavy (non-hydrogen) atoms. The first kappa shape index (κ1) is 48.5. The van der Waals surface area contributed by atoms with Crippen molar-refractivity contribution in [3.63, 3.8) is 0 Å². The van der Waals surface area contributed by atoms with Crippen LogP contribution in [0.2, 0.25) is 0 Å². The highest BCUT2D eigenvalue weighted by atomic mass is 31.2. The summed E-state index contributed by atoms with van der Waals surface area (Å²) in [5.41, 5.74) is 5.33. The molecule has 0 amide bonds. The molecule has 2 atom stereocenters. The van der Waals surface area contributed by atoms with Crippen molar-refractivity contribution < 1.29 is 37.6 Å². The van der Waals surface area contributed by atoms with E-state index in [0.29, 0.717) is 12.8 Å². The summed E-state index contributed by atoms with van der Waals surface area (Å²) in [7, 11) is -4.38. The van der Waals surface area contributed by atoms with Crippen molar-refractivity contribution in [1.29, 1.82) is 0 Å². The molecule has 0 spiro atoms. The Kier molecular flexibility index (Phi) is 35.4. The predicted molar refractivity (Wildman–Crippen MR) is 210 cm³/mol. The zero-order valence-corrected chi connectivity index (χ0v) is 32.7. The summed E-state index contributed by atoms with van der Waals surface area (Å²) in [4.78, 5) is 34.7. The van der Waals surface area contributed by atoms with Crippen molar-refractivity contribution in [2.45, 2.75) is 148 Å². The summed E-state index contributed by atoms with van der Waals surface area (Å²) < 4.78 is 32.6. The molecule has 0 bridgehead atoms. The molecular formula is C41H70NO8P. The number of esters is 2. The monoisotopic (exact) mass is 735 g/mol. The molecule has 10 heteroatoms. The van der Waals surface area contributed by atoms with Crippen molar-refractivity contribution in [2.75, 3.05) is 26.4 Å². The van der Waals surface area contributed by atoms with Crippen LogP contribution in [0.4, 0.5) is 0 Å². The average Bonchev–Trinajstić information content (AvgIpc) is 3.11. The van der Waals surface area contributed by atoms with E-state index in [1.807, 2.05) is 0 Å². The maximum absolute atomic E-state index is 12.5. The van der Waals surface area contributed by atoms with Crippen LogP contribution in [0.5, 0.6) is 0 Å². The number of rotatable bonds is 35. The lowest BCUT2D eigenvalue weighted by molar-refractivity contribution is -0.161. The highest BCUT2D eigenvalue weighted by molar-refractivity contribution is 7.47. The van der Waals surface area contributed by atoms with Gasteiger partial charge in [-0.2, -0.15) is 0 Å². The molecule has 0 aromatic rings. The van der Waals surface area contributed by atoms with Gasteiger partial charge in [0.1, 0.15) is 6.61 Å². The molecule has 0 fully saturated rings. The minimum Gasteiger partial charge on any atom is -0.462 e. The Balaban J connectivity index is 4.28. The lowest BCUT2D eigenvalue weighted by atomic mass is 10.1. The normalized spacial score (nSPS) is 14.2. The van der Waals surface area contributed by atoms with Crippen LogP contribution in [0.15, 0.2) is 72.9 Å². The SMILES string of the molecule is CCC=CCC=CCC=CCC=CCC=CCCCCCC(=O)OCC(COP(=O)(O)OCCN)OC(=O)CCCCCCCC=CCCCC. The Morgan fingerprint density at radius 1 is 0.608 bits per heavy atom. The van der Waals surface area contributed by atoms with Crippen LogP contribution in [-0.2, 0) is 32.7 Å². The van der Waals surface area contributed by atoms with Gasteiger partial charge in [0.2, 0.25) is 0 Å². The Hall–Kier alpha value is -2.55.